The van der Waals surface area contributed by atoms with Gasteiger partial charge in [-0.25, -0.2) is 0 Å². The second-order valence-electron chi connectivity index (χ2n) is 13.8. The molecule has 0 bridgehead atoms. The first-order chi connectivity index (χ1) is 25.7. The topological polar surface area (TPSA) is 13.1 Å². The van der Waals surface area contributed by atoms with Gasteiger partial charge in [0.05, 0.1) is 0 Å². The molecule has 248 valence electrons. The fourth-order valence-corrected chi connectivity index (χ4v) is 7.74. The molecular weight excluding hydrogens is 629 g/mol. The molecule has 1 heteroatoms. The van der Waals surface area contributed by atoms with E-state index in [0.29, 0.717) is 0 Å². The van der Waals surface area contributed by atoms with Crippen LogP contribution in [0.5, 0.6) is 0 Å². The molecule has 0 radical (unpaired) electrons. The van der Waals surface area contributed by atoms with Crippen LogP contribution < -0.4 is 0 Å². The molecule has 0 aliphatic heterocycles. The first-order valence-corrected chi connectivity index (χ1v) is 18.1. The smallest absolute Gasteiger partial charge is 0.135 e. The lowest BCUT2D eigenvalue weighted by molar-refractivity contribution is 0.658. The fraction of sp³-hybridized carbons (Fsp3) is 0.0588. The van der Waals surface area contributed by atoms with Crippen LogP contribution in [0.3, 0.4) is 0 Å². The summed E-state index contributed by atoms with van der Waals surface area (Å²) in [5.74, 6) is 0.434. The van der Waals surface area contributed by atoms with Gasteiger partial charge in [-0.05, 0) is 91.4 Å². The lowest BCUT2D eigenvalue weighted by atomic mass is 9.77. The van der Waals surface area contributed by atoms with Crippen molar-refractivity contribution in [3.05, 3.63) is 217 Å². The minimum atomic E-state index is 0.188. The summed E-state index contributed by atoms with van der Waals surface area (Å²) in [5.41, 5.74) is 15.5. The van der Waals surface area contributed by atoms with Gasteiger partial charge < -0.3 is 4.42 Å². The molecule has 1 nitrogen and oxygen atoms in total. The quantitative estimate of drug-likeness (QED) is 0.157. The van der Waals surface area contributed by atoms with E-state index in [-0.39, 0.29) is 11.8 Å². The molecule has 9 rings (SSSR count). The molecule has 8 aromatic carbocycles. The van der Waals surface area contributed by atoms with Crippen LogP contribution in [-0.4, -0.2) is 0 Å². The van der Waals surface area contributed by atoms with Crippen molar-refractivity contribution in [3.8, 4) is 44.5 Å². The zero-order valence-electron chi connectivity index (χ0n) is 29.1. The van der Waals surface area contributed by atoms with Crippen LogP contribution in [0.25, 0.3) is 66.4 Å². The van der Waals surface area contributed by atoms with Gasteiger partial charge in [-0.2, -0.15) is 0 Å². The maximum atomic E-state index is 6.26. The van der Waals surface area contributed by atoms with Crippen LogP contribution in [0, 0.1) is 0 Å². The second kappa shape index (κ2) is 13.7. The van der Waals surface area contributed by atoms with Gasteiger partial charge in [0.15, 0.2) is 0 Å². The average Bonchev–Trinajstić information content (AvgIpc) is 3.60. The molecule has 0 aliphatic rings. The predicted molar refractivity (Wildman–Crippen MR) is 219 cm³/mol. The van der Waals surface area contributed by atoms with Crippen LogP contribution >= 0.6 is 0 Å². The number of hydrogen-bond donors (Lipinski definition) is 0. The first-order valence-electron chi connectivity index (χ1n) is 18.1. The van der Waals surface area contributed by atoms with Crippen molar-refractivity contribution in [2.24, 2.45) is 0 Å². The zero-order chi connectivity index (χ0) is 34.9. The Balaban J connectivity index is 1.05. The van der Waals surface area contributed by atoms with E-state index in [9.17, 15) is 0 Å². The molecule has 0 saturated carbocycles. The molecule has 9 aromatic rings. The molecule has 1 atom stereocenters. The number of benzene rings is 8. The van der Waals surface area contributed by atoms with Gasteiger partial charge in [0, 0.05) is 16.7 Å². The van der Waals surface area contributed by atoms with E-state index in [2.05, 4.69) is 207 Å². The van der Waals surface area contributed by atoms with Gasteiger partial charge in [-0.3, -0.25) is 0 Å². The maximum absolute atomic E-state index is 6.26. The molecule has 0 unspecified atom stereocenters. The molecule has 0 saturated heterocycles. The van der Waals surface area contributed by atoms with Gasteiger partial charge >= 0.3 is 0 Å². The summed E-state index contributed by atoms with van der Waals surface area (Å²) < 4.78 is 6.26. The number of fused-ring (bicyclic) bond motifs is 3. The standard InChI is InChI=1S/C51H38O/c1-35(51(43-25-21-40(22-26-43)37-11-5-2-6-12-37)44-27-23-41(24-28-44)38-13-7-3-8-14-38)36-17-19-42(20-18-36)46-30-32-50-48(34-46)47-33-45(29-31-49(47)52-50)39-15-9-4-10-16-39/h2-35,51H,1H3/t35-/m0/s1. The molecule has 0 amide bonds. The van der Waals surface area contributed by atoms with Crippen molar-refractivity contribution in [1.29, 1.82) is 0 Å². The fourth-order valence-electron chi connectivity index (χ4n) is 7.74. The highest BCUT2D eigenvalue weighted by Crippen LogP contribution is 2.41. The Morgan fingerprint density at radius 3 is 1.02 bits per heavy atom. The third-order valence-corrected chi connectivity index (χ3v) is 10.6. The molecular formula is C51H38O. The minimum absolute atomic E-state index is 0.188. The number of furan rings is 1. The van der Waals surface area contributed by atoms with Crippen molar-refractivity contribution in [2.75, 3.05) is 0 Å². The molecule has 1 heterocycles. The number of hydrogen-bond acceptors (Lipinski definition) is 1. The van der Waals surface area contributed by atoms with Crippen LogP contribution in [0.4, 0.5) is 0 Å². The van der Waals surface area contributed by atoms with Crippen LogP contribution in [0.2, 0.25) is 0 Å². The highest BCUT2D eigenvalue weighted by Gasteiger charge is 2.23. The number of rotatable bonds is 8. The molecule has 0 aliphatic carbocycles. The summed E-state index contributed by atoms with van der Waals surface area (Å²) in [6, 6.07) is 72.3. The summed E-state index contributed by atoms with van der Waals surface area (Å²) in [4.78, 5) is 0. The predicted octanol–water partition coefficient (Wildman–Crippen LogP) is 14.2. The Kier molecular flexibility index (Phi) is 8.31. The van der Waals surface area contributed by atoms with Crippen molar-refractivity contribution in [1.82, 2.24) is 0 Å². The van der Waals surface area contributed by atoms with E-state index < -0.39 is 0 Å². The van der Waals surface area contributed by atoms with Crippen LogP contribution in [0.1, 0.15) is 35.4 Å². The summed E-state index contributed by atoms with van der Waals surface area (Å²) in [5, 5.41) is 2.28. The van der Waals surface area contributed by atoms with Crippen molar-refractivity contribution >= 4 is 21.9 Å². The third kappa shape index (κ3) is 6.12. The Labute approximate surface area is 305 Å². The average molecular weight is 667 g/mol. The minimum Gasteiger partial charge on any atom is -0.456 e. The summed E-state index contributed by atoms with van der Waals surface area (Å²) in [6.45, 7) is 2.36. The van der Waals surface area contributed by atoms with E-state index in [4.69, 9.17) is 4.42 Å². The van der Waals surface area contributed by atoms with Gasteiger partial charge in [0.1, 0.15) is 11.2 Å². The van der Waals surface area contributed by atoms with Crippen molar-refractivity contribution in [3.63, 3.8) is 0 Å². The molecule has 52 heavy (non-hydrogen) atoms. The Morgan fingerprint density at radius 2 is 0.615 bits per heavy atom. The van der Waals surface area contributed by atoms with E-state index in [0.717, 1.165) is 21.9 Å². The van der Waals surface area contributed by atoms with Crippen molar-refractivity contribution < 1.29 is 4.42 Å². The summed E-state index contributed by atoms with van der Waals surface area (Å²) >= 11 is 0. The maximum Gasteiger partial charge on any atom is 0.135 e. The third-order valence-electron chi connectivity index (χ3n) is 10.6. The SMILES string of the molecule is C[C@@H](c1ccc(-c2ccc3oc4ccc(-c5ccccc5)cc4c3c2)cc1)C(c1ccc(-c2ccccc2)cc1)c1ccc(-c2ccccc2)cc1. The highest BCUT2D eigenvalue weighted by atomic mass is 16.3. The molecule has 0 fully saturated rings. The Hall–Kier alpha value is -6.44. The van der Waals surface area contributed by atoms with E-state index in [1.807, 2.05) is 0 Å². The largest absolute Gasteiger partial charge is 0.456 e. The normalized spacial score (nSPS) is 12.0. The van der Waals surface area contributed by atoms with Gasteiger partial charge in [0.2, 0.25) is 0 Å². The van der Waals surface area contributed by atoms with Gasteiger partial charge in [-0.15, -0.1) is 0 Å². The summed E-state index contributed by atoms with van der Waals surface area (Å²) in [6.07, 6.45) is 0. The molecule has 0 spiro atoms. The van der Waals surface area contributed by atoms with E-state index >= 15 is 0 Å². The van der Waals surface area contributed by atoms with E-state index in [1.165, 1.54) is 61.2 Å². The van der Waals surface area contributed by atoms with Crippen LogP contribution in [-0.2, 0) is 0 Å². The molecule has 1 aromatic heterocycles. The monoisotopic (exact) mass is 666 g/mol. The van der Waals surface area contributed by atoms with Crippen LogP contribution in [0.15, 0.2) is 205 Å². The first kappa shape index (κ1) is 31.5. The zero-order valence-corrected chi connectivity index (χ0v) is 29.1. The van der Waals surface area contributed by atoms with E-state index in [1.54, 1.807) is 0 Å². The van der Waals surface area contributed by atoms with Crippen molar-refractivity contribution in [2.45, 2.75) is 18.8 Å². The lowest BCUT2D eigenvalue weighted by Gasteiger charge is -2.26. The lowest BCUT2D eigenvalue weighted by Crippen LogP contribution is -2.10. The summed E-state index contributed by atoms with van der Waals surface area (Å²) in [7, 11) is 0. The Morgan fingerprint density at radius 1 is 0.308 bits per heavy atom. The second-order valence-corrected chi connectivity index (χ2v) is 13.8. The Bertz CT molecular complexity index is 2500. The molecule has 0 N–H and O–H groups in total. The van der Waals surface area contributed by atoms with Gasteiger partial charge in [0.25, 0.3) is 0 Å². The van der Waals surface area contributed by atoms with Gasteiger partial charge in [-0.1, -0.05) is 183 Å². The highest BCUT2D eigenvalue weighted by molar-refractivity contribution is 6.07.